The van der Waals surface area contributed by atoms with Gasteiger partial charge in [0.15, 0.2) is 0 Å². The Morgan fingerprint density at radius 1 is 1.30 bits per heavy atom. The van der Waals surface area contributed by atoms with E-state index >= 15 is 0 Å². The summed E-state index contributed by atoms with van der Waals surface area (Å²) in [6.07, 6.45) is 6.26. The Balaban J connectivity index is 1.39. The van der Waals surface area contributed by atoms with E-state index in [1.54, 1.807) is 0 Å². The number of fused-ring (bicyclic) bond motifs is 2. The standard InChI is InChI=1S/C22H39NO4/c1-5-26-20(25)16-7-6-11-23(14-16)15-18(24)9-12-27-19-13-17-8-10-22(19,4)21(17,2)3/h16-19,24H,5-15H2,1-4H3/t16-,17-,18+,19+,22-/m0/s1. The van der Waals surface area contributed by atoms with Crippen molar-refractivity contribution in [1.82, 2.24) is 4.90 Å². The summed E-state index contributed by atoms with van der Waals surface area (Å²) in [6, 6.07) is 0. The highest BCUT2D eigenvalue weighted by molar-refractivity contribution is 5.72. The topological polar surface area (TPSA) is 59.0 Å². The maximum atomic E-state index is 12.0. The van der Waals surface area contributed by atoms with E-state index in [0.29, 0.717) is 44.2 Å². The molecule has 2 bridgehead atoms. The van der Waals surface area contributed by atoms with Crippen LogP contribution in [0.1, 0.15) is 66.2 Å². The first-order valence-corrected chi connectivity index (χ1v) is 11.0. The summed E-state index contributed by atoms with van der Waals surface area (Å²) >= 11 is 0. The molecule has 0 amide bonds. The van der Waals surface area contributed by atoms with Crippen molar-refractivity contribution in [2.75, 3.05) is 32.8 Å². The van der Waals surface area contributed by atoms with Crippen LogP contribution < -0.4 is 0 Å². The van der Waals surface area contributed by atoms with Gasteiger partial charge in [0.2, 0.25) is 0 Å². The Bertz CT molecular complexity index is 522. The quantitative estimate of drug-likeness (QED) is 0.654. The van der Waals surface area contributed by atoms with Gasteiger partial charge in [0.1, 0.15) is 0 Å². The van der Waals surface area contributed by atoms with Crippen molar-refractivity contribution in [3.05, 3.63) is 0 Å². The molecule has 3 fully saturated rings. The van der Waals surface area contributed by atoms with Crippen molar-refractivity contribution < 1.29 is 19.4 Å². The molecule has 0 aromatic rings. The van der Waals surface area contributed by atoms with E-state index in [9.17, 15) is 9.90 Å². The van der Waals surface area contributed by atoms with E-state index in [1.807, 2.05) is 6.92 Å². The molecule has 5 nitrogen and oxygen atoms in total. The van der Waals surface area contributed by atoms with Crippen LogP contribution in [0.15, 0.2) is 0 Å². The second-order valence-electron chi connectivity index (χ2n) is 9.76. The fourth-order valence-corrected chi connectivity index (χ4v) is 5.79. The lowest BCUT2D eigenvalue weighted by Crippen LogP contribution is -2.43. The van der Waals surface area contributed by atoms with Gasteiger partial charge in [-0.05, 0) is 68.7 Å². The first-order valence-electron chi connectivity index (χ1n) is 11.0. The van der Waals surface area contributed by atoms with Gasteiger partial charge in [-0.15, -0.1) is 0 Å². The number of esters is 1. The van der Waals surface area contributed by atoms with E-state index in [2.05, 4.69) is 25.7 Å². The van der Waals surface area contributed by atoms with Crippen molar-refractivity contribution in [3.63, 3.8) is 0 Å². The molecule has 1 heterocycles. The van der Waals surface area contributed by atoms with Gasteiger partial charge in [0, 0.05) is 19.7 Å². The van der Waals surface area contributed by atoms with Crippen LogP contribution in [0.2, 0.25) is 0 Å². The molecule has 0 unspecified atom stereocenters. The maximum Gasteiger partial charge on any atom is 0.310 e. The fourth-order valence-electron chi connectivity index (χ4n) is 5.79. The number of carbonyl (C=O) groups is 1. The van der Waals surface area contributed by atoms with E-state index in [0.717, 1.165) is 25.3 Å². The van der Waals surface area contributed by atoms with E-state index in [-0.39, 0.29) is 17.3 Å². The molecule has 0 aromatic heterocycles. The van der Waals surface area contributed by atoms with Crippen LogP contribution in [0, 0.1) is 22.7 Å². The largest absolute Gasteiger partial charge is 0.466 e. The van der Waals surface area contributed by atoms with Crippen LogP contribution in [-0.2, 0) is 14.3 Å². The lowest BCUT2D eigenvalue weighted by atomic mass is 9.70. The first kappa shape index (κ1) is 21.1. The van der Waals surface area contributed by atoms with Crippen LogP contribution >= 0.6 is 0 Å². The molecule has 3 rings (SSSR count). The zero-order valence-corrected chi connectivity index (χ0v) is 17.7. The number of hydrogen-bond acceptors (Lipinski definition) is 5. The van der Waals surface area contributed by atoms with E-state index in [1.165, 1.54) is 19.3 Å². The fraction of sp³-hybridized carbons (Fsp3) is 0.955. The SMILES string of the molecule is CCOC(=O)[C@H]1CCCN(C[C@H](O)CCO[C@@H]2C[C@@H]3CC[C@]2(C)C3(C)C)C1. The van der Waals surface area contributed by atoms with Crippen LogP contribution in [0.5, 0.6) is 0 Å². The first-order chi connectivity index (χ1) is 12.8. The molecule has 5 heteroatoms. The van der Waals surface area contributed by atoms with Gasteiger partial charge in [-0.1, -0.05) is 20.8 Å². The van der Waals surface area contributed by atoms with Crippen molar-refractivity contribution in [2.24, 2.45) is 22.7 Å². The summed E-state index contributed by atoms with van der Waals surface area (Å²) in [7, 11) is 0. The second-order valence-corrected chi connectivity index (χ2v) is 9.76. The normalized spacial score (nSPS) is 36.7. The molecule has 2 saturated carbocycles. The number of likely N-dealkylation sites (tertiary alicyclic amines) is 1. The highest BCUT2D eigenvalue weighted by Gasteiger charge is 2.61. The van der Waals surface area contributed by atoms with Crippen LogP contribution in [0.25, 0.3) is 0 Å². The Labute approximate surface area is 164 Å². The number of β-amino-alcohol motifs (C(OH)–C–C–N with tert-alkyl or cyclic N) is 1. The summed E-state index contributed by atoms with van der Waals surface area (Å²) in [4.78, 5) is 14.2. The third-order valence-corrected chi connectivity index (χ3v) is 8.08. The minimum atomic E-state index is -0.398. The molecule has 1 N–H and O–H groups in total. The predicted molar refractivity (Wildman–Crippen MR) is 105 cm³/mol. The predicted octanol–water partition coefficient (Wildman–Crippen LogP) is 3.24. The number of rotatable bonds is 8. The zero-order valence-electron chi connectivity index (χ0n) is 17.7. The molecular formula is C22H39NO4. The molecule has 5 atom stereocenters. The van der Waals surface area contributed by atoms with Gasteiger partial charge < -0.3 is 14.6 Å². The van der Waals surface area contributed by atoms with Crippen molar-refractivity contribution in [2.45, 2.75) is 78.4 Å². The molecule has 0 aromatic carbocycles. The summed E-state index contributed by atoms with van der Waals surface area (Å²) in [5.74, 6) is 0.649. The minimum Gasteiger partial charge on any atom is -0.466 e. The van der Waals surface area contributed by atoms with Gasteiger partial charge in [0.05, 0.1) is 24.7 Å². The Kier molecular flexibility index (Phi) is 6.54. The van der Waals surface area contributed by atoms with Crippen LogP contribution in [0.3, 0.4) is 0 Å². The number of aliphatic hydroxyl groups excluding tert-OH is 1. The molecule has 156 valence electrons. The molecule has 1 aliphatic heterocycles. The average molecular weight is 382 g/mol. The Morgan fingerprint density at radius 2 is 2.07 bits per heavy atom. The summed E-state index contributed by atoms with van der Waals surface area (Å²) in [6.45, 7) is 12.4. The van der Waals surface area contributed by atoms with Crippen LogP contribution in [0.4, 0.5) is 0 Å². The van der Waals surface area contributed by atoms with E-state index in [4.69, 9.17) is 9.47 Å². The molecule has 1 saturated heterocycles. The maximum absolute atomic E-state index is 12.0. The monoisotopic (exact) mass is 381 g/mol. The minimum absolute atomic E-state index is 0.0432. The zero-order chi connectivity index (χ0) is 19.7. The second kappa shape index (κ2) is 8.38. The third-order valence-electron chi connectivity index (χ3n) is 8.08. The number of carbonyl (C=O) groups excluding carboxylic acids is 1. The Morgan fingerprint density at radius 3 is 2.70 bits per heavy atom. The summed E-state index contributed by atoms with van der Waals surface area (Å²) < 4.78 is 11.4. The summed E-state index contributed by atoms with van der Waals surface area (Å²) in [5.41, 5.74) is 0.647. The highest BCUT2D eigenvalue weighted by atomic mass is 16.5. The molecule has 2 aliphatic carbocycles. The lowest BCUT2D eigenvalue weighted by Gasteiger charge is -2.39. The van der Waals surface area contributed by atoms with Gasteiger partial charge in [0.25, 0.3) is 0 Å². The van der Waals surface area contributed by atoms with Gasteiger partial charge >= 0.3 is 5.97 Å². The molecular weight excluding hydrogens is 342 g/mol. The Hall–Kier alpha value is -0.650. The van der Waals surface area contributed by atoms with Gasteiger partial charge in [-0.3, -0.25) is 9.69 Å². The molecule has 0 radical (unpaired) electrons. The van der Waals surface area contributed by atoms with Crippen LogP contribution in [-0.4, -0.2) is 61.0 Å². The van der Waals surface area contributed by atoms with E-state index < -0.39 is 6.10 Å². The van der Waals surface area contributed by atoms with Gasteiger partial charge in [-0.2, -0.15) is 0 Å². The van der Waals surface area contributed by atoms with Crippen molar-refractivity contribution in [1.29, 1.82) is 0 Å². The van der Waals surface area contributed by atoms with Gasteiger partial charge in [-0.25, -0.2) is 0 Å². The smallest absolute Gasteiger partial charge is 0.310 e. The number of nitrogens with zero attached hydrogens (tertiary/aromatic N) is 1. The van der Waals surface area contributed by atoms with Crippen molar-refractivity contribution >= 4 is 5.97 Å². The molecule has 3 aliphatic rings. The summed E-state index contributed by atoms with van der Waals surface area (Å²) in [5, 5.41) is 10.5. The highest BCUT2D eigenvalue weighted by Crippen LogP contribution is 2.66. The number of hydrogen-bond donors (Lipinski definition) is 1. The number of ether oxygens (including phenoxy) is 2. The average Bonchev–Trinajstić information content (AvgIpc) is 2.95. The lowest BCUT2D eigenvalue weighted by molar-refractivity contribution is -0.150. The number of piperidine rings is 1. The number of aliphatic hydroxyl groups is 1. The molecule has 27 heavy (non-hydrogen) atoms. The van der Waals surface area contributed by atoms with Crippen molar-refractivity contribution in [3.8, 4) is 0 Å². The third kappa shape index (κ3) is 4.20. The molecule has 0 spiro atoms.